The van der Waals surface area contributed by atoms with Gasteiger partial charge in [0.05, 0.1) is 13.0 Å². The number of ether oxygens (including phenoxy) is 1. The van der Waals surface area contributed by atoms with Gasteiger partial charge in [0.15, 0.2) is 0 Å². The summed E-state index contributed by atoms with van der Waals surface area (Å²) in [7, 11) is 0. The maximum absolute atomic E-state index is 12.5. The van der Waals surface area contributed by atoms with Gasteiger partial charge in [0, 0.05) is 29.6 Å². The van der Waals surface area contributed by atoms with E-state index in [0.717, 1.165) is 11.9 Å². The first-order chi connectivity index (χ1) is 12.0. The van der Waals surface area contributed by atoms with E-state index < -0.39 is 0 Å². The molecular weight excluding hydrogens is 316 g/mol. The molecule has 0 aliphatic heterocycles. The van der Waals surface area contributed by atoms with Crippen molar-refractivity contribution in [2.45, 2.75) is 40.0 Å². The summed E-state index contributed by atoms with van der Waals surface area (Å²) in [5.74, 6) is -0.359. The maximum Gasteiger partial charge on any atom is 0.306 e. The summed E-state index contributed by atoms with van der Waals surface area (Å²) >= 11 is 0. The fraction of sp³-hybridized carbons (Fsp3) is 0.500. The van der Waals surface area contributed by atoms with E-state index in [1.165, 1.54) is 10.9 Å². The largest absolute Gasteiger partial charge is 0.466 e. The maximum atomic E-state index is 12.5. The molecule has 136 valence electrons. The molecule has 1 aromatic carbocycles. The summed E-state index contributed by atoms with van der Waals surface area (Å²) in [5, 5.41) is 4.16. The van der Waals surface area contributed by atoms with Gasteiger partial charge in [0.1, 0.15) is 0 Å². The molecule has 2 rings (SSSR count). The first-order valence-electron chi connectivity index (χ1n) is 8.99. The molecule has 0 spiro atoms. The Morgan fingerprint density at radius 3 is 2.72 bits per heavy atom. The van der Waals surface area contributed by atoms with Crippen molar-refractivity contribution in [2.24, 2.45) is 11.8 Å². The molecule has 0 fully saturated rings. The number of para-hydroxylation sites is 1. The average Bonchev–Trinajstić information content (AvgIpc) is 2.97. The number of benzene rings is 1. The molecule has 1 atom stereocenters. The smallest absolute Gasteiger partial charge is 0.306 e. The highest BCUT2D eigenvalue weighted by molar-refractivity contribution is 5.84. The van der Waals surface area contributed by atoms with Crippen LogP contribution in [0.2, 0.25) is 0 Å². The zero-order chi connectivity index (χ0) is 18.2. The summed E-state index contributed by atoms with van der Waals surface area (Å²) in [6.07, 6.45) is 3.56. The second kappa shape index (κ2) is 9.25. The summed E-state index contributed by atoms with van der Waals surface area (Å²) < 4.78 is 4.99. The van der Waals surface area contributed by atoms with Crippen LogP contribution >= 0.6 is 0 Å². The molecule has 2 N–H and O–H groups in total. The number of fused-ring (bicyclic) bond motifs is 1. The van der Waals surface area contributed by atoms with Gasteiger partial charge in [-0.1, -0.05) is 32.0 Å². The van der Waals surface area contributed by atoms with Gasteiger partial charge in [-0.2, -0.15) is 0 Å². The van der Waals surface area contributed by atoms with Crippen molar-refractivity contribution in [1.82, 2.24) is 10.3 Å². The SMILES string of the molecule is CCOC(=O)CC(CC(C)C)C(=O)NCCc1c[nH]c2ccccc12. The molecule has 5 heteroatoms. The Bertz CT molecular complexity index is 706. The van der Waals surface area contributed by atoms with Crippen LogP contribution in [-0.2, 0) is 20.7 Å². The van der Waals surface area contributed by atoms with Crippen molar-refractivity contribution in [1.29, 1.82) is 0 Å². The van der Waals surface area contributed by atoms with Gasteiger partial charge in [0.25, 0.3) is 0 Å². The first kappa shape index (κ1) is 19.0. The normalized spacial score (nSPS) is 12.3. The number of esters is 1. The monoisotopic (exact) mass is 344 g/mol. The lowest BCUT2D eigenvalue weighted by Crippen LogP contribution is -2.34. The highest BCUT2D eigenvalue weighted by Crippen LogP contribution is 2.19. The topological polar surface area (TPSA) is 71.2 Å². The van der Waals surface area contributed by atoms with Crippen molar-refractivity contribution in [2.75, 3.05) is 13.2 Å². The molecule has 1 unspecified atom stereocenters. The summed E-state index contributed by atoms with van der Waals surface area (Å²) in [6.45, 7) is 6.78. The third kappa shape index (κ3) is 5.62. The Morgan fingerprint density at radius 2 is 2.00 bits per heavy atom. The zero-order valence-corrected chi connectivity index (χ0v) is 15.3. The van der Waals surface area contributed by atoms with Crippen LogP contribution in [0.3, 0.4) is 0 Å². The van der Waals surface area contributed by atoms with E-state index in [4.69, 9.17) is 4.74 Å². The number of aromatic amines is 1. The summed E-state index contributed by atoms with van der Waals surface area (Å²) in [5.41, 5.74) is 2.28. The average molecular weight is 344 g/mol. The number of rotatable bonds is 9. The van der Waals surface area contributed by atoms with Crippen molar-refractivity contribution >= 4 is 22.8 Å². The lowest BCUT2D eigenvalue weighted by atomic mass is 9.93. The van der Waals surface area contributed by atoms with Gasteiger partial charge in [-0.05, 0) is 37.3 Å². The zero-order valence-electron chi connectivity index (χ0n) is 15.3. The van der Waals surface area contributed by atoms with E-state index in [2.05, 4.69) is 30.2 Å². The molecule has 0 radical (unpaired) electrons. The highest BCUT2D eigenvalue weighted by Gasteiger charge is 2.23. The number of H-pyrrole nitrogens is 1. The van der Waals surface area contributed by atoms with Crippen molar-refractivity contribution in [3.63, 3.8) is 0 Å². The van der Waals surface area contributed by atoms with E-state index in [0.29, 0.717) is 25.5 Å². The molecule has 1 heterocycles. The lowest BCUT2D eigenvalue weighted by molar-refractivity contribution is -0.146. The summed E-state index contributed by atoms with van der Waals surface area (Å²) in [4.78, 5) is 27.5. The van der Waals surface area contributed by atoms with Gasteiger partial charge >= 0.3 is 5.97 Å². The lowest BCUT2D eigenvalue weighted by Gasteiger charge is -2.18. The van der Waals surface area contributed by atoms with E-state index in [1.54, 1.807) is 6.92 Å². The number of carbonyl (C=O) groups is 2. The van der Waals surface area contributed by atoms with E-state index >= 15 is 0 Å². The fourth-order valence-corrected chi connectivity index (χ4v) is 3.08. The van der Waals surface area contributed by atoms with E-state index in [-0.39, 0.29) is 24.2 Å². The minimum atomic E-state index is -0.331. The first-order valence-corrected chi connectivity index (χ1v) is 8.99. The molecule has 25 heavy (non-hydrogen) atoms. The highest BCUT2D eigenvalue weighted by atomic mass is 16.5. The number of hydrogen-bond donors (Lipinski definition) is 2. The standard InChI is InChI=1S/C20H28N2O3/c1-4-25-19(23)12-16(11-14(2)3)20(24)21-10-9-15-13-22-18-8-6-5-7-17(15)18/h5-8,13-14,16,22H,4,9-12H2,1-3H3,(H,21,24). The van der Waals surface area contributed by atoms with E-state index in [1.807, 2.05) is 24.4 Å². The number of hydrogen-bond acceptors (Lipinski definition) is 3. The molecule has 1 amide bonds. The molecule has 0 aliphatic rings. The molecule has 1 aromatic heterocycles. The van der Waals surface area contributed by atoms with Crippen LogP contribution in [0, 0.1) is 11.8 Å². The quantitative estimate of drug-likeness (QED) is 0.685. The van der Waals surface area contributed by atoms with Crippen LogP contribution in [0.1, 0.15) is 39.2 Å². The predicted molar refractivity (Wildman–Crippen MR) is 99.2 cm³/mol. The van der Waals surface area contributed by atoms with Gasteiger partial charge in [-0.15, -0.1) is 0 Å². The third-order valence-corrected chi connectivity index (χ3v) is 4.21. The predicted octanol–water partition coefficient (Wildman–Crippen LogP) is 3.44. The van der Waals surface area contributed by atoms with Crippen molar-refractivity contribution in [3.05, 3.63) is 36.0 Å². The molecule has 0 saturated heterocycles. The van der Waals surface area contributed by atoms with Gasteiger partial charge < -0.3 is 15.0 Å². The summed E-state index contributed by atoms with van der Waals surface area (Å²) in [6, 6.07) is 8.12. The van der Waals surface area contributed by atoms with Gasteiger partial charge in [-0.3, -0.25) is 9.59 Å². The number of nitrogens with one attached hydrogen (secondary N) is 2. The minimum Gasteiger partial charge on any atom is -0.466 e. The van der Waals surface area contributed by atoms with Gasteiger partial charge in [-0.25, -0.2) is 0 Å². The Morgan fingerprint density at radius 1 is 1.24 bits per heavy atom. The Balaban J connectivity index is 1.90. The molecule has 0 aliphatic carbocycles. The van der Waals surface area contributed by atoms with Crippen LogP contribution < -0.4 is 5.32 Å². The van der Waals surface area contributed by atoms with Gasteiger partial charge in [0.2, 0.25) is 5.91 Å². The molecule has 2 aromatic rings. The van der Waals surface area contributed by atoms with Crippen molar-refractivity contribution in [3.8, 4) is 0 Å². The number of aromatic nitrogens is 1. The molecular formula is C20H28N2O3. The second-order valence-corrected chi connectivity index (χ2v) is 6.74. The third-order valence-electron chi connectivity index (χ3n) is 4.21. The molecule has 0 saturated carbocycles. The van der Waals surface area contributed by atoms with E-state index in [9.17, 15) is 9.59 Å². The van der Waals surface area contributed by atoms with Crippen molar-refractivity contribution < 1.29 is 14.3 Å². The Kier molecular flexibility index (Phi) is 7.04. The van der Waals surface area contributed by atoms with Crippen LogP contribution in [0.25, 0.3) is 10.9 Å². The van der Waals surface area contributed by atoms with Crippen LogP contribution in [-0.4, -0.2) is 30.0 Å². The fourth-order valence-electron chi connectivity index (χ4n) is 3.08. The van der Waals surface area contributed by atoms with Crippen LogP contribution in [0.5, 0.6) is 0 Å². The van der Waals surface area contributed by atoms with Crippen LogP contribution in [0.15, 0.2) is 30.5 Å². The molecule has 5 nitrogen and oxygen atoms in total. The Labute approximate surface area is 149 Å². The number of amides is 1. The Hall–Kier alpha value is -2.30. The second-order valence-electron chi connectivity index (χ2n) is 6.74. The number of carbonyl (C=O) groups excluding carboxylic acids is 2. The van der Waals surface area contributed by atoms with Crippen LogP contribution in [0.4, 0.5) is 0 Å². The minimum absolute atomic E-state index is 0.0680. The molecule has 0 bridgehead atoms.